The van der Waals surface area contributed by atoms with E-state index in [1.54, 1.807) is 39.0 Å². The van der Waals surface area contributed by atoms with Crippen LogP contribution in [0, 0.1) is 23.0 Å². The number of anilines is 1. The molecule has 1 saturated heterocycles. The van der Waals surface area contributed by atoms with E-state index in [1.165, 1.54) is 36.4 Å². The van der Waals surface area contributed by atoms with Crippen LogP contribution in [0.1, 0.15) is 46.5 Å². The van der Waals surface area contributed by atoms with Gasteiger partial charge in [-0.1, -0.05) is 44.5 Å². The highest BCUT2D eigenvalue weighted by molar-refractivity contribution is 7.91. The van der Waals surface area contributed by atoms with E-state index in [9.17, 15) is 31.6 Å². The van der Waals surface area contributed by atoms with Gasteiger partial charge in [-0.3, -0.25) is 19.1 Å². The van der Waals surface area contributed by atoms with Crippen molar-refractivity contribution in [3.8, 4) is 11.6 Å². The third kappa shape index (κ3) is 7.25. The zero-order chi connectivity index (χ0) is 37.7. The van der Waals surface area contributed by atoms with Crippen LogP contribution >= 0.6 is 11.6 Å². The SMILES string of the molecule is C=C[C@@H]1C[C@]1(NC(=O)[C@@H]1C[C@@H](Oc2ncc(OC)c3ccc(Cl)cc23)CN1C(=O)C(Nc1cccc(F)c1F)C(C)(C)C)C(=O)NS(=O)(=O)C1CC1. The molecule has 6 rings (SSSR count). The van der Waals surface area contributed by atoms with Gasteiger partial charge in [0.25, 0.3) is 5.91 Å². The molecule has 52 heavy (non-hydrogen) atoms. The van der Waals surface area contributed by atoms with Gasteiger partial charge >= 0.3 is 0 Å². The van der Waals surface area contributed by atoms with Crippen molar-refractivity contribution in [1.29, 1.82) is 0 Å². The number of aromatic nitrogens is 1. The smallest absolute Gasteiger partial charge is 0.259 e. The predicted molar refractivity (Wildman–Crippen MR) is 190 cm³/mol. The summed E-state index contributed by atoms with van der Waals surface area (Å²) in [5.74, 6) is -4.45. The zero-order valence-electron chi connectivity index (χ0n) is 29.0. The van der Waals surface area contributed by atoms with Gasteiger partial charge < -0.3 is 25.0 Å². The highest BCUT2D eigenvalue weighted by Gasteiger charge is 2.62. The quantitative estimate of drug-likeness (QED) is 0.223. The van der Waals surface area contributed by atoms with E-state index < -0.39 is 79.7 Å². The monoisotopic (exact) mass is 759 g/mol. The molecular weight excluding hydrogens is 720 g/mol. The molecule has 1 aromatic heterocycles. The van der Waals surface area contributed by atoms with Crippen LogP contribution in [0.2, 0.25) is 5.02 Å². The van der Waals surface area contributed by atoms with Crippen LogP contribution < -0.4 is 24.8 Å². The fourth-order valence-corrected chi connectivity index (χ4v) is 8.09. The van der Waals surface area contributed by atoms with Crippen LogP contribution in [0.3, 0.4) is 0 Å². The molecule has 0 bridgehead atoms. The van der Waals surface area contributed by atoms with Crippen molar-refractivity contribution < 1.29 is 41.1 Å². The van der Waals surface area contributed by atoms with Gasteiger partial charge in [-0.25, -0.2) is 22.2 Å². The second kappa shape index (κ2) is 13.8. The molecule has 1 aliphatic heterocycles. The van der Waals surface area contributed by atoms with Crippen molar-refractivity contribution in [2.45, 2.75) is 75.4 Å². The van der Waals surface area contributed by atoms with Crippen molar-refractivity contribution in [2.75, 3.05) is 19.0 Å². The van der Waals surface area contributed by atoms with Crippen molar-refractivity contribution in [2.24, 2.45) is 11.3 Å². The fraction of sp³-hybridized carbons (Fsp3) is 0.444. The predicted octanol–water partition coefficient (Wildman–Crippen LogP) is 4.72. The molecule has 0 spiro atoms. The Labute approximate surface area is 305 Å². The summed E-state index contributed by atoms with van der Waals surface area (Å²) in [7, 11) is -2.44. The second-order valence-corrected chi connectivity index (χ2v) is 16.9. The van der Waals surface area contributed by atoms with Gasteiger partial charge in [0, 0.05) is 28.1 Å². The largest absolute Gasteiger partial charge is 0.494 e. The topological polar surface area (TPSA) is 156 Å². The molecule has 3 aliphatic rings. The number of carbonyl (C=O) groups is 3. The summed E-state index contributed by atoms with van der Waals surface area (Å²) in [6.45, 7) is 8.80. The van der Waals surface area contributed by atoms with Crippen molar-refractivity contribution >= 4 is 55.8 Å². The minimum atomic E-state index is -3.93. The van der Waals surface area contributed by atoms with Crippen LogP contribution in [0.15, 0.2) is 55.3 Å². The number of halogens is 3. The van der Waals surface area contributed by atoms with Gasteiger partial charge in [0.05, 0.1) is 30.8 Å². The molecule has 5 atom stereocenters. The molecule has 3 amide bonds. The lowest BCUT2D eigenvalue weighted by Gasteiger charge is -2.36. The normalized spacial score (nSPS) is 23.4. The van der Waals surface area contributed by atoms with E-state index in [-0.39, 0.29) is 31.0 Å². The number of carbonyl (C=O) groups excluding carboxylic acids is 3. The number of methoxy groups -OCH3 is 1. The summed E-state index contributed by atoms with van der Waals surface area (Å²) in [4.78, 5) is 47.9. The fourth-order valence-electron chi connectivity index (χ4n) is 6.56. The van der Waals surface area contributed by atoms with Crippen molar-refractivity contribution in [3.63, 3.8) is 0 Å². The zero-order valence-corrected chi connectivity index (χ0v) is 30.6. The third-order valence-electron chi connectivity index (χ3n) is 9.74. The number of hydrogen-bond acceptors (Lipinski definition) is 9. The van der Waals surface area contributed by atoms with E-state index in [2.05, 4.69) is 26.9 Å². The number of pyridine rings is 1. The maximum absolute atomic E-state index is 14.9. The van der Waals surface area contributed by atoms with E-state index in [0.29, 0.717) is 34.4 Å². The molecule has 3 N–H and O–H groups in total. The number of likely N-dealkylation sites (tertiary alicyclic amines) is 1. The summed E-state index contributed by atoms with van der Waals surface area (Å²) in [6, 6.07) is 6.25. The van der Waals surface area contributed by atoms with E-state index in [4.69, 9.17) is 21.1 Å². The van der Waals surface area contributed by atoms with Gasteiger partial charge in [0.15, 0.2) is 11.6 Å². The number of rotatable bonds is 12. The molecule has 1 unspecified atom stereocenters. The maximum atomic E-state index is 14.9. The molecule has 2 aliphatic carbocycles. The molecule has 0 radical (unpaired) electrons. The van der Waals surface area contributed by atoms with Crippen LogP contribution in [-0.2, 0) is 24.4 Å². The summed E-state index contributed by atoms with van der Waals surface area (Å²) in [5, 5.41) is 6.50. The Bertz CT molecular complexity index is 2060. The highest BCUT2D eigenvalue weighted by atomic mass is 35.5. The Morgan fingerprint density at radius 3 is 2.52 bits per heavy atom. The number of ether oxygens (including phenoxy) is 2. The van der Waals surface area contributed by atoms with Crippen molar-refractivity contribution in [3.05, 3.63) is 71.9 Å². The minimum Gasteiger partial charge on any atom is -0.494 e. The van der Waals surface area contributed by atoms with Gasteiger partial charge in [-0.2, -0.15) is 0 Å². The first-order valence-electron chi connectivity index (χ1n) is 16.8. The van der Waals surface area contributed by atoms with Crippen LogP contribution in [0.5, 0.6) is 11.6 Å². The Kier molecular flexibility index (Phi) is 9.89. The van der Waals surface area contributed by atoms with Crippen LogP contribution in [-0.4, -0.2) is 78.7 Å². The number of amides is 3. The molecular formula is C36H40ClF2N5O7S. The number of benzene rings is 2. The average molecular weight is 760 g/mol. The lowest BCUT2D eigenvalue weighted by molar-refractivity contribution is -0.141. The lowest BCUT2D eigenvalue weighted by Crippen LogP contribution is -2.58. The lowest BCUT2D eigenvalue weighted by atomic mass is 9.85. The number of sulfonamides is 1. The molecule has 16 heteroatoms. The van der Waals surface area contributed by atoms with E-state index in [1.807, 2.05) is 0 Å². The Balaban J connectivity index is 1.33. The van der Waals surface area contributed by atoms with E-state index >= 15 is 0 Å². The van der Waals surface area contributed by atoms with Crippen LogP contribution in [0.25, 0.3) is 10.8 Å². The highest BCUT2D eigenvalue weighted by Crippen LogP contribution is 2.46. The summed E-state index contributed by atoms with van der Waals surface area (Å²) < 4.78 is 68.3. The first-order valence-corrected chi connectivity index (χ1v) is 18.7. The standard InChI is InChI=1S/C36H40ClF2N5O7S/c1-6-19-16-36(19,34(47)43-52(48,49)22-11-12-22)42-31(45)27-15-21(51-32-24-14-20(37)10-13-23(24)28(50-5)17-40-32)18-44(27)33(46)30(35(2,3)4)41-26-9-7-8-25(38)29(26)39/h6-10,13-14,17,19,21-22,27,30,41H,1,11-12,15-16,18H2,2-5H3,(H,42,45)(H,43,47)/t19-,21-,27+,30?,36-/m1/s1. The molecule has 3 aromatic rings. The Hall–Kier alpha value is -4.50. The molecule has 278 valence electrons. The summed E-state index contributed by atoms with van der Waals surface area (Å²) in [5.41, 5.74) is -2.74. The van der Waals surface area contributed by atoms with Gasteiger partial charge in [0.1, 0.15) is 29.5 Å². The molecule has 2 aromatic carbocycles. The average Bonchev–Trinajstić information content (AvgIpc) is 4.01. The maximum Gasteiger partial charge on any atom is 0.259 e. The van der Waals surface area contributed by atoms with Gasteiger partial charge in [0.2, 0.25) is 27.7 Å². The molecule has 12 nitrogen and oxygen atoms in total. The first-order chi connectivity index (χ1) is 24.5. The number of nitrogens with zero attached hydrogens (tertiary/aromatic N) is 2. The second-order valence-electron chi connectivity index (χ2n) is 14.5. The van der Waals surface area contributed by atoms with Gasteiger partial charge in [-0.15, -0.1) is 6.58 Å². The van der Waals surface area contributed by atoms with Gasteiger partial charge in [-0.05, 0) is 55.0 Å². The minimum absolute atomic E-state index is 0.0602. The molecule has 2 heterocycles. The third-order valence-corrected chi connectivity index (χ3v) is 11.8. The summed E-state index contributed by atoms with van der Waals surface area (Å²) >= 11 is 6.31. The molecule has 2 saturated carbocycles. The Morgan fingerprint density at radius 2 is 1.88 bits per heavy atom. The number of fused-ring (bicyclic) bond motifs is 1. The summed E-state index contributed by atoms with van der Waals surface area (Å²) in [6.07, 6.45) is 3.02. The first kappa shape index (κ1) is 37.3. The Morgan fingerprint density at radius 1 is 1.15 bits per heavy atom. The van der Waals surface area contributed by atoms with Crippen LogP contribution in [0.4, 0.5) is 14.5 Å². The van der Waals surface area contributed by atoms with E-state index in [0.717, 1.165) is 6.07 Å². The number of hydrogen-bond donors (Lipinski definition) is 3. The molecule has 3 fully saturated rings. The number of nitrogens with one attached hydrogen (secondary N) is 3. The van der Waals surface area contributed by atoms with Crippen molar-refractivity contribution in [1.82, 2.24) is 19.9 Å².